The third-order valence-corrected chi connectivity index (χ3v) is 5.14. The Morgan fingerprint density at radius 3 is 1.91 bits per heavy atom. The number of nitrogens with zero attached hydrogens (tertiary/aromatic N) is 4. The second kappa shape index (κ2) is 11.2. The topological polar surface area (TPSA) is 69.9 Å². The number of hydrogen-bond acceptors (Lipinski definition) is 5. The molecule has 5 rings (SSSR count). The van der Waals surface area contributed by atoms with E-state index >= 15 is 0 Å². The van der Waals surface area contributed by atoms with E-state index in [-0.39, 0.29) is 5.97 Å². The number of rotatable bonds is 3. The molecular weight excluding hydrogens is 424 g/mol. The fourth-order valence-corrected chi connectivity index (χ4v) is 3.56. The van der Waals surface area contributed by atoms with Gasteiger partial charge in [0.1, 0.15) is 0 Å². The van der Waals surface area contributed by atoms with Gasteiger partial charge >= 0.3 is 5.97 Å². The average molecular weight is 455 g/mol. The zero-order valence-corrected chi connectivity index (χ0v) is 20.5. The first-order chi connectivity index (χ1) is 16.6. The monoisotopic (exact) mass is 454 g/mol. The van der Waals surface area contributed by atoms with Gasteiger partial charge in [-0.15, -0.1) is 0 Å². The van der Waals surface area contributed by atoms with Crippen LogP contribution in [0.15, 0.2) is 73.1 Å². The summed E-state index contributed by atoms with van der Waals surface area (Å²) in [7, 11) is 3.33. The SMILES string of the molecule is CC.CC.COC(=O)c1ccc(-c2nc3cc4ncn(C)c4cc3nc2-c2ccccc2)cc1. The lowest BCUT2D eigenvalue weighted by atomic mass is 10.0. The zero-order chi connectivity index (χ0) is 24.7. The summed E-state index contributed by atoms with van der Waals surface area (Å²) in [5.74, 6) is -0.369. The van der Waals surface area contributed by atoms with Crippen molar-refractivity contribution in [2.24, 2.45) is 7.05 Å². The van der Waals surface area contributed by atoms with Crippen LogP contribution in [-0.2, 0) is 11.8 Å². The Kier molecular flexibility index (Phi) is 8.09. The molecule has 0 saturated heterocycles. The molecule has 34 heavy (non-hydrogen) atoms. The number of fused-ring (bicyclic) bond motifs is 2. The van der Waals surface area contributed by atoms with Crippen molar-refractivity contribution in [3.8, 4) is 22.5 Å². The van der Waals surface area contributed by atoms with Crippen LogP contribution >= 0.6 is 0 Å². The van der Waals surface area contributed by atoms with Gasteiger partial charge in [0.05, 0.1) is 52.5 Å². The summed E-state index contributed by atoms with van der Waals surface area (Å²) in [4.78, 5) is 26.1. The van der Waals surface area contributed by atoms with Gasteiger partial charge in [-0.3, -0.25) is 0 Å². The van der Waals surface area contributed by atoms with Gasteiger partial charge in [-0.25, -0.2) is 19.7 Å². The van der Waals surface area contributed by atoms with Gasteiger partial charge in [0.25, 0.3) is 0 Å². The van der Waals surface area contributed by atoms with Crippen LogP contribution in [0.25, 0.3) is 44.6 Å². The number of carbonyl (C=O) groups is 1. The van der Waals surface area contributed by atoms with Crippen molar-refractivity contribution in [2.75, 3.05) is 7.11 Å². The van der Waals surface area contributed by atoms with Gasteiger partial charge in [0.2, 0.25) is 0 Å². The van der Waals surface area contributed by atoms with Crippen LogP contribution in [0.5, 0.6) is 0 Å². The summed E-state index contributed by atoms with van der Waals surface area (Å²) in [6, 6.07) is 21.2. The summed E-state index contributed by atoms with van der Waals surface area (Å²) in [5, 5.41) is 0. The van der Waals surface area contributed by atoms with Gasteiger partial charge in [-0.1, -0.05) is 70.2 Å². The lowest BCUT2D eigenvalue weighted by Crippen LogP contribution is -2.01. The van der Waals surface area contributed by atoms with Crippen LogP contribution < -0.4 is 0 Å². The zero-order valence-electron chi connectivity index (χ0n) is 20.5. The summed E-state index contributed by atoms with van der Waals surface area (Å²) >= 11 is 0. The largest absolute Gasteiger partial charge is 0.465 e. The van der Waals surface area contributed by atoms with Gasteiger partial charge in [0, 0.05) is 18.2 Å². The van der Waals surface area contributed by atoms with Gasteiger partial charge < -0.3 is 9.30 Å². The lowest BCUT2D eigenvalue weighted by Gasteiger charge is -2.11. The predicted molar refractivity (Wildman–Crippen MR) is 139 cm³/mol. The number of esters is 1. The number of hydrogen-bond donors (Lipinski definition) is 0. The molecule has 6 heteroatoms. The molecule has 0 atom stereocenters. The van der Waals surface area contributed by atoms with E-state index in [4.69, 9.17) is 14.7 Å². The standard InChI is InChI=1S/C24H18N4O2.2C2H6/c1-28-14-25-20-12-18-19(13-21(20)28)27-22(15-6-4-3-5-7-15)23(26-18)16-8-10-17(11-9-16)24(29)30-2;2*1-2/h3-14H,1-2H3;2*1-2H3. The molecule has 0 bridgehead atoms. The molecule has 0 amide bonds. The number of imidazole rings is 1. The van der Waals surface area contributed by atoms with Crippen LogP contribution in [0.2, 0.25) is 0 Å². The molecule has 0 unspecified atom stereocenters. The summed E-state index contributed by atoms with van der Waals surface area (Å²) in [6.45, 7) is 8.00. The molecule has 6 nitrogen and oxygen atoms in total. The average Bonchev–Trinajstić information content (AvgIpc) is 3.28. The molecule has 3 aromatic carbocycles. The smallest absolute Gasteiger partial charge is 0.337 e. The normalized spacial score (nSPS) is 10.2. The highest BCUT2D eigenvalue weighted by atomic mass is 16.5. The first kappa shape index (κ1) is 24.6. The highest BCUT2D eigenvalue weighted by Crippen LogP contribution is 2.32. The number of aromatic nitrogens is 4. The number of benzene rings is 3. The fraction of sp³-hybridized carbons (Fsp3) is 0.214. The lowest BCUT2D eigenvalue weighted by molar-refractivity contribution is 0.0600. The molecule has 0 aliphatic heterocycles. The summed E-state index contributed by atoms with van der Waals surface area (Å²) in [6.07, 6.45) is 1.79. The molecule has 0 N–H and O–H groups in total. The van der Waals surface area contributed by atoms with Crippen molar-refractivity contribution in [1.29, 1.82) is 0 Å². The van der Waals surface area contributed by atoms with Crippen LogP contribution in [-0.4, -0.2) is 32.6 Å². The molecule has 2 heterocycles. The van der Waals surface area contributed by atoms with Gasteiger partial charge in [0.15, 0.2) is 0 Å². The first-order valence-corrected chi connectivity index (χ1v) is 11.5. The van der Waals surface area contributed by atoms with E-state index in [1.165, 1.54) is 7.11 Å². The summed E-state index contributed by atoms with van der Waals surface area (Å²) in [5.41, 5.74) is 7.33. The maximum Gasteiger partial charge on any atom is 0.337 e. The molecule has 5 aromatic rings. The van der Waals surface area contributed by atoms with Crippen molar-refractivity contribution >= 4 is 28.0 Å². The Bertz CT molecular complexity index is 1390. The third-order valence-electron chi connectivity index (χ3n) is 5.14. The second-order valence-corrected chi connectivity index (χ2v) is 7.04. The van der Waals surface area contributed by atoms with E-state index in [1.54, 1.807) is 18.5 Å². The van der Waals surface area contributed by atoms with E-state index in [0.717, 1.165) is 44.6 Å². The Balaban J connectivity index is 0.000000771. The molecule has 2 aromatic heterocycles. The first-order valence-electron chi connectivity index (χ1n) is 11.5. The molecule has 0 radical (unpaired) electrons. The maximum absolute atomic E-state index is 11.8. The van der Waals surface area contributed by atoms with Crippen molar-refractivity contribution < 1.29 is 9.53 Å². The highest BCUT2D eigenvalue weighted by molar-refractivity contribution is 5.95. The molecule has 0 saturated carbocycles. The predicted octanol–water partition coefficient (Wildman–Crippen LogP) is 6.69. The van der Waals surface area contributed by atoms with Crippen molar-refractivity contribution in [3.63, 3.8) is 0 Å². The van der Waals surface area contributed by atoms with Gasteiger partial charge in [-0.2, -0.15) is 0 Å². The number of methoxy groups -OCH3 is 1. The Hall–Kier alpha value is -4.06. The van der Waals surface area contributed by atoms with E-state index < -0.39 is 0 Å². The van der Waals surface area contributed by atoms with E-state index in [0.29, 0.717) is 5.56 Å². The minimum atomic E-state index is -0.369. The number of aryl methyl sites for hydroxylation is 1. The third kappa shape index (κ3) is 4.81. The molecule has 0 aliphatic rings. The number of ether oxygens (including phenoxy) is 1. The minimum Gasteiger partial charge on any atom is -0.465 e. The molecule has 0 aliphatic carbocycles. The van der Waals surface area contributed by atoms with E-state index in [2.05, 4.69) is 4.98 Å². The molecule has 174 valence electrons. The molecule has 0 fully saturated rings. The summed E-state index contributed by atoms with van der Waals surface area (Å²) < 4.78 is 6.77. The molecular formula is C28H30N4O2. The van der Waals surface area contributed by atoms with Gasteiger partial charge in [-0.05, 0) is 24.3 Å². The molecule has 0 spiro atoms. The van der Waals surface area contributed by atoms with Crippen molar-refractivity contribution in [3.05, 3.63) is 78.6 Å². The van der Waals surface area contributed by atoms with Crippen LogP contribution in [0.1, 0.15) is 38.1 Å². The Labute approximate surface area is 200 Å². The van der Waals surface area contributed by atoms with E-state index in [9.17, 15) is 4.79 Å². The quantitative estimate of drug-likeness (QED) is 0.284. The van der Waals surface area contributed by atoms with Crippen LogP contribution in [0.3, 0.4) is 0 Å². The maximum atomic E-state index is 11.8. The number of carbonyl (C=O) groups excluding carboxylic acids is 1. The Morgan fingerprint density at radius 2 is 1.32 bits per heavy atom. The second-order valence-electron chi connectivity index (χ2n) is 7.04. The minimum absolute atomic E-state index is 0.369. The fourth-order valence-electron chi connectivity index (χ4n) is 3.56. The van der Waals surface area contributed by atoms with Crippen molar-refractivity contribution in [2.45, 2.75) is 27.7 Å². The Morgan fingerprint density at radius 1 is 0.765 bits per heavy atom. The van der Waals surface area contributed by atoms with Crippen LogP contribution in [0.4, 0.5) is 0 Å². The highest BCUT2D eigenvalue weighted by Gasteiger charge is 2.15. The van der Waals surface area contributed by atoms with Crippen molar-refractivity contribution in [1.82, 2.24) is 19.5 Å². The van der Waals surface area contributed by atoms with Crippen LogP contribution in [0, 0.1) is 0 Å². The van der Waals surface area contributed by atoms with E-state index in [1.807, 2.05) is 93.9 Å².